The van der Waals surface area contributed by atoms with Gasteiger partial charge in [0.25, 0.3) is 10.0 Å². The van der Waals surface area contributed by atoms with Gasteiger partial charge < -0.3 is 4.74 Å². The van der Waals surface area contributed by atoms with Gasteiger partial charge in [0, 0.05) is 11.4 Å². The van der Waals surface area contributed by atoms with Crippen molar-refractivity contribution >= 4 is 31.2 Å². The van der Waals surface area contributed by atoms with E-state index in [0.717, 1.165) is 11.3 Å². The van der Waals surface area contributed by atoms with E-state index in [1.807, 2.05) is 6.92 Å². The summed E-state index contributed by atoms with van der Waals surface area (Å²) in [6, 6.07) is 2.81. The van der Waals surface area contributed by atoms with Crippen LogP contribution in [0.5, 0.6) is 0 Å². The first-order valence-corrected chi connectivity index (χ1v) is 10.8. The highest BCUT2D eigenvalue weighted by molar-refractivity contribution is 7.92. The summed E-state index contributed by atoms with van der Waals surface area (Å²) in [6.07, 6.45) is 0.244. The van der Waals surface area contributed by atoms with Crippen LogP contribution in [-0.4, -0.2) is 57.9 Å². The summed E-state index contributed by atoms with van der Waals surface area (Å²) in [7, 11) is -6.88. The molecule has 2 aliphatic heterocycles. The fourth-order valence-electron chi connectivity index (χ4n) is 2.79. The minimum absolute atomic E-state index is 0.0890. The molecular weight excluding hydrogens is 334 g/mol. The molecule has 0 radical (unpaired) electrons. The van der Waals surface area contributed by atoms with Gasteiger partial charge in [-0.05, 0) is 18.6 Å². The van der Waals surface area contributed by atoms with E-state index in [1.54, 1.807) is 12.1 Å². The molecule has 21 heavy (non-hydrogen) atoms. The maximum Gasteiger partial charge on any atom is 0.253 e. The van der Waals surface area contributed by atoms with Gasteiger partial charge in [-0.2, -0.15) is 4.31 Å². The maximum atomic E-state index is 12.8. The van der Waals surface area contributed by atoms with Gasteiger partial charge in [-0.15, -0.1) is 11.3 Å². The number of sulfonamides is 1. The van der Waals surface area contributed by atoms with E-state index in [4.69, 9.17) is 4.74 Å². The topological polar surface area (TPSA) is 80.8 Å². The molecule has 0 amide bonds. The zero-order valence-corrected chi connectivity index (χ0v) is 14.0. The molecular formula is C12H17NO5S3. The normalized spacial score (nSPS) is 29.4. The minimum Gasteiger partial charge on any atom is -0.374 e. The Morgan fingerprint density at radius 2 is 2.14 bits per heavy atom. The lowest BCUT2D eigenvalue weighted by molar-refractivity contribution is -0.0141. The van der Waals surface area contributed by atoms with Crippen LogP contribution in [0, 0.1) is 0 Å². The lowest BCUT2D eigenvalue weighted by Gasteiger charge is -2.35. The Kier molecular flexibility index (Phi) is 3.90. The Hall–Kier alpha value is -0.480. The summed E-state index contributed by atoms with van der Waals surface area (Å²) >= 11 is 1.25. The van der Waals surface area contributed by atoms with E-state index < -0.39 is 32.0 Å². The van der Waals surface area contributed by atoms with Gasteiger partial charge in [0.1, 0.15) is 4.21 Å². The fourth-order valence-corrected chi connectivity index (χ4v) is 7.81. The van der Waals surface area contributed by atoms with Gasteiger partial charge in [0.2, 0.25) is 0 Å². The molecule has 3 heterocycles. The molecule has 6 nitrogen and oxygen atoms in total. The van der Waals surface area contributed by atoms with E-state index in [1.165, 1.54) is 15.6 Å². The monoisotopic (exact) mass is 351 g/mol. The van der Waals surface area contributed by atoms with Crippen molar-refractivity contribution in [2.45, 2.75) is 29.7 Å². The van der Waals surface area contributed by atoms with Crippen molar-refractivity contribution in [1.29, 1.82) is 0 Å². The van der Waals surface area contributed by atoms with Crippen LogP contribution in [0.2, 0.25) is 0 Å². The smallest absolute Gasteiger partial charge is 0.253 e. The Balaban J connectivity index is 1.94. The first-order valence-electron chi connectivity index (χ1n) is 6.76. The van der Waals surface area contributed by atoms with Crippen LogP contribution in [0.25, 0.3) is 0 Å². The van der Waals surface area contributed by atoms with Gasteiger partial charge >= 0.3 is 0 Å². The number of thiophene rings is 1. The van der Waals surface area contributed by atoms with Crippen molar-refractivity contribution in [3.63, 3.8) is 0 Å². The molecule has 1 aromatic heterocycles. The Morgan fingerprint density at radius 3 is 2.81 bits per heavy atom. The number of hydrogen-bond donors (Lipinski definition) is 0. The van der Waals surface area contributed by atoms with Crippen molar-refractivity contribution in [2.75, 3.05) is 24.7 Å². The van der Waals surface area contributed by atoms with Crippen LogP contribution in [0.3, 0.4) is 0 Å². The summed E-state index contributed by atoms with van der Waals surface area (Å²) in [4.78, 5) is 0.998. The van der Waals surface area contributed by atoms with E-state index >= 15 is 0 Å². The third kappa shape index (κ3) is 2.77. The molecule has 1 aromatic rings. The van der Waals surface area contributed by atoms with Gasteiger partial charge in [0.15, 0.2) is 9.84 Å². The first-order chi connectivity index (χ1) is 9.83. The molecule has 2 unspecified atom stereocenters. The summed E-state index contributed by atoms with van der Waals surface area (Å²) < 4.78 is 56.1. The first kappa shape index (κ1) is 15.4. The number of ether oxygens (including phenoxy) is 1. The molecule has 118 valence electrons. The Labute approximate surface area is 128 Å². The summed E-state index contributed by atoms with van der Waals surface area (Å²) in [5.41, 5.74) is 0. The average molecular weight is 351 g/mol. The number of aryl methyl sites for hydroxylation is 1. The lowest BCUT2D eigenvalue weighted by atomic mass is 10.2. The number of nitrogens with zero attached hydrogens (tertiary/aromatic N) is 1. The molecule has 0 saturated carbocycles. The van der Waals surface area contributed by atoms with E-state index in [0.29, 0.717) is 0 Å². The van der Waals surface area contributed by atoms with Crippen LogP contribution in [0.1, 0.15) is 11.8 Å². The summed E-state index contributed by atoms with van der Waals surface area (Å²) in [5.74, 6) is -0.239. The summed E-state index contributed by atoms with van der Waals surface area (Å²) in [6.45, 7) is 2.41. The standard InChI is InChI=1S/C12H17NO5S3/c1-2-9-3-4-12(19-9)21(16,17)13-5-6-18-11-8-20(14,15)7-10(11)13/h3-4,10-11H,2,5-8H2,1H3. The highest BCUT2D eigenvalue weighted by Gasteiger charge is 2.48. The van der Waals surface area contributed by atoms with Crippen LogP contribution >= 0.6 is 11.3 Å². The van der Waals surface area contributed by atoms with Crippen LogP contribution in [0.15, 0.2) is 16.3 Å². The van der Waals surface area contributed by atoms with Gasteiger partial charge in [-0.25, -0.2) is 16.8 Å². The fraction of sp³-hybridized carbons (Fsp3) is 0.667. The Morgan fingerprint density at radius 1 is 1.38 bits per heavy atom. The number of sulfone groups is 1. The van der Waals surface area contributed by atoms with Crippen LogP contribution in [-0.2, 0) is 31.0 Å². The summed E-state index contributed by atoms with van der Waals surface area (Å²) in [5, 5.41) is 0. The second kappa shape index (κ2) is 5.31. The highest BCUT2D eigenvalue weighted by Crippen LogP contribution is 2.32. The van der Waals surface area contributed by atoms with E-state index in [9.17, 15) is 16.8 Å². The largest absolute Gasteiger partial charge is 0.374 e. The van der Waals surface area contributed by atoms with Crippen molar-refractivity contribution in [3.8, 4) is 0 Å². The molecule has 9 heteroatoms. The number of hydrogen-bond acceptors (Lipinski definition) is 6. The third-order valence-electron chi connectivity index (χ3n) is 3.83. The van der Waals surface area contributed by atoms with Crippen LogP contribution in [0.4, 0.5) is 0 Å². The lowest BCUT2D eigenvalue weighted by Crippen LogP contribution is -2.52. The van der Waals surface area contributed by atoms with Crippen LogP contribution < -0.4 is 0 Å². The van der Waals surface area contributed by atoms with E-state index in [2.05, 4.69) is 0 Å². The van der Waals surface area contributed by atoms with Gasteiger partial charge in [-0.3, -0.25) is 0 Å². The number of morpholine rings is 1. The number of rotatable bonds is 3. The molecule has 0 aromatic carbocycles. The molecule has 0 spiro atoms. The maximum absolute atomic E-state index is 12.8. The molecule has 2 fully saturated rings. The van der Waals surface area contributed by atoms with Gasteiger partial charge in [0.05, 0.1) is 30.3 Å². The zero-order chi connectivity index (χ0) is 15.3. The predicted molar refractivity (Wildman–Crippen MR) is 79.8 cm³/mol. The highest BCUT2D eigenvalue weighted by atomic mass is 32.2. The second-order valence-electron chi connectivity index (χ2n) is 5.24. The molecule has 2 aliphatic rings. The van der Waals surface area contributed by atoms with Crippen molar-refractivity contribution in [3.05, 3.63) is 17.0 Å². The number of fused-ring (bicyclic) bond motifs is 1. The Bertz CT molecular complexity index is 737. The van der Waals surface area contributed by atoms with E-state index in [-0.39, 0.29) is 28.9 Å². The van der Waals surface area contributed by atoms with Crippen molar-refractivity contribution < 1.29 is 21.6 Å². The molecule has 3 rings (SSSR count). The molecule has 2 saturated heterocycles. The average Bonchev–Trinajstić information content (AvgIpc) is 2.99. The molecule has 0 bridgehead atoms. The van der Waals surface area contributed by atoms with Crippen molar-refractivity contribution in [2.24, 2.45) is 0 Å². The van der Waals surface area contributed by atoms with Crippen molar-refractivity contribution in [1.82, 2.24) is 4.31 Å². The molecule has 0 N–H and O–H groups in total. The SMILES string of the molecule is CCc1ccc(S(=O)(=O)N2CCOC3CS(=O)(=O)CC32)s1. The predicted octanol–water partition coefficient (Wildman–Crippen LogP) is 0.497. The molecule has 2 atom stereocenters. The molecule has 0 aliphatic carbocycles. The zero-order valence-electron chi connectivity index (χ0n) is 11.6. The second-order valence-corrected chi connectivity index (χ2v) is 10.7. The minimum atomic E-state index is -3.65. The van der Waals surface area contributed by atoms with Gasteiger partial charge in [-0.1, -0.05) is 6.92 Å². The third-order valence-corrected chi connectivity index (χ3v) is 9.14. The quantitative estimate of drug-likeness (QED) is 0.792.